The zero-order valence-electron chi connectivity index (χ0n) is 12.3. The molecule has 4 nitrogen and oxygen atoms in total. The molecule has 1 saturated heterocycles. The maximum absolute atomic E-state index is 13.7. The van der Waals surface area contributed by atoms with Gasteiger partial charge in [0.25, 0.3) is 5.91 Å². The minimum Gasteiger partial charge on any atom is -0.378 e. The summed E-state index contributed by atoms with van der Waals surface area (Å²) in [6.45, 7) is 2.40. The van der Waals surface area contributed by atoms with Crippen molar-refractivity contribution in [1.82, 2.24) is 4.90 Å². The molecule has 0 unspecified atom stereocenters. The first kappa shape index (κ1) is 19.2. The van der Waals surface area contributed by atoms with E-state index in [1.165, 1.54) is 18.2 Å². The molecule has 0 aliphatic carbocycles. The summed E-state index contributed by atoms with van der Waals surface area (Å²) >= 11 is 5.83. The molecule has 22 heavy (non-hydrogen) atoms. The highest BCUT2D eigenvalue weighted by Gasteiger charge is 2.25. The molecule has 1 heterocycles. The Hall–Kier alpha value is -0.880. The molecule has 1 aromatic rings. The first-order chi connectivity index (χ1) is 10.1. The number of amides is 1. The van der Waals surface area contributed by atoms with Crippen LogP contribution in [0, 0.1) is 5.82 Å². The molecule has 1 aliphatic rings. The molecule has 0 radical (unpaired) electrons. The normalized spacial score (nSPS) is 15.5. The van der Waals surface area contributed by atoms with Crippen molar-refractivity contribution < 1.29 is 13.9 Å². The van der Waals surface area contributed by atoms with Crippen LogP contribution in [0.4, 0.5) is 4.39 Å². The highest BCUT2D eigenvalue weighted by Crippen LogP contribution is 2.20. The van der Waals surface area contributed by atoms with E-state index in [9.17, 15) is 9.18 Å². The van der Waals surface area contributed by atoms with E-state index in [1.54, 1.807) is 4.90 Å². The first-order valence-corrected chi connectivity index (χ1v) is 7.55. The van der Waals surface area contributed by atoms with Gasteiger partial charge in [-0.25, -0.2) is 4.39 Å². The molecule has 2 N–H and O–H groups in total. The van der Waals surface area contributed by atoms with E-state index in [0.717, 1.165) is 19.3 Å². The molecule has 7 heteroatoms. The average molecular weight is 351 g/mol. The van der Waals surface area contributed by atoms with Crippen LogP contribution in [0.5, 0.6) is 0 Å². The van der Waals surface area contributed by atoms with Crippen molar-refractivity contribution in [2.24, 2.45) is 5.73 Å². The van der Waals surface area contributed by atoms with Crippen LogP contribution in [-0.4, -0.2) is 43.2 Å². The first-order valence-electron chi connectivity index (χ1n) is 7.18. The van der Waals surface area contributed by atoms with Gasteiger partial charge in [0.15, 0.2) is 0 Å². The van der Waals surface area contributed by atoms with Crippen LogP contribution in [0.2, 0.25) is 5.02 Å². The maximum Gasteiger partial charge on any atom is 0.256 e. The van der Waals surface area contributed by atoms with Crippen molar-refractivity contribution in [1.29, 1.82) is 0 Å². The summed E-state index contributed by atoms with van der Waals surface area (Å²) in [5.74, 6) is -0.846. The van der Waals surface area contributed by atoms with Crippen LogP contribution in [0.1, 0.15) is 29.6 Å². The number of hydrogen-bond acceptors (Lipinski definition) is 3. The number of carbonyl (C=O) groups is 1. The summed E-state index contributed by atoms with van der Waals surface area (Å²) in [5.41, 5.74) is 5.45. The fourth-order valence-corrected chi connectivity index (χ4v) is 2.56. The Morgan fingerprint density at radius 3 is 2.73 bits per heavy atom. The summed E-state index contributed by atoms with van der Waals surface area (Å²) in [6, 6.07) is 4.03. The molecule has 0 spiro atoms. The quantitative estimate of drug-likeness (QED) is 0.830. The smallest absolute Gasteiger partial charge is 0.256 e. The van der Waals surface area contributed by atoms with Gasteiger partial charge in [0.1, 0.15) is 5.82 Å². The number of piperidine rings is 1. The van der Waals surface area contributed by atoms with Crippen molar-refractivity contribution in [3.63, 3.8) is 0 Å². The van der Waals surface area contributed by atoms with E-state index in [0.29, 0.717) is 31.3 Å². The minimum atomic E-state index is -0.536. The van der Waals surface area contributed by atoms with Crippen molar-refractivity contribution in [3.8, 4) is 0 Å². The monoisotopic (exact) mass is 350 g/mol. The lowest BCUT2D eigenvalue weighted by Crippen LogP contribution is -2.41. The number of likely N-dealkylation sites (tertiary alicyclic amines) is 1. The second-order valence-corrected chi connectivity index (χ2v) is 5.57. The number of halogens is 3. The minimum absolute atomic E-state index is 0. The molecule has 0 saturated carbocycles. The SMILES string of the molecule is Cl.NCCCOC1CCN(C(=O)c2cc(Cl)ccc2F)CC1. The highest BCUT2D eigenvalue weighted by molar-refractivity contribution is 6.31. The highest BCUT2D eigenvalue weighted by atomic mass is 35.5. The Morgan fingerprint density at radius 2 is 2.09 bits per heavy atom. The van der Waals surface area contributed by atoms with Crippen LogP contribution >= 0.6 is 24.0 Å². The predicted octanol–water partition coefficient (Wildman–Crippen LogP) is 2.87. The van der Waals surface area contributed by atoms with Gasteiger partial charge in [-0.15, -0.1) is 12.4 Å². The third-order valence-electron chi connectivity index (χ3n) is 3.59. The van der Waals surface area contributed by atoms with Crippen molar-refractivity contribution in [2.75, 3.05) is 26.2 Å². The molecular formula is C15H21Cl2FN2O2. The van der Waals surface area contributed by atoms with Crippen LogP contribution in [-0.2, 0) is 4.74 Å². The van der Waals surface area contributed by atoms with Crippen LogP contribution in [0.3, 0.4) is 0 Å². The summed E-state index contributed by atoms with van der Waals surface area (Å²) < 4.78 is 19.4. The summed E-state index contributed by atoms with van der Waals surface area (Å²) in [6.07, 6.45) is 2.52. The lowest BCUT2D eigenvalue weighted by molar-refractivity contribution is 0.00834. The topological polar surface area (TPSA) is 55.6 Å². The van der Waals surface area contributed by atoms with Gasteiger partial charge in [-0.05, 0) is 44.0 Å². The number of nitrogens with zero attached hydrogens (tertiary/aromatic N) is 1. The second-order valence-electron chi connectivity index (χ2n) is 5.13. The van der Waals surface area contributed by atoms with E-state index in [-0.39, 0.29) is 30.0 Å². The summed E-state index contributed by atoms with van der Waals surface area (Å²) in [5, 5.41) is 0.361. The summed E-state index contributed by atoms with van der Waals surface area (Å²) in [4.78, 5) is 14.0. The van der Waals surface area contributed by atoms with Gasteiger partial charge in [-0.1, -0.05) is 11.6 Å². The predicted molar refractivity (Wildman–Crippen MR) is 87.2 cm³/mol. The lowest BCUT2D eigenvalue weighted by Gasteiger charge is -2.32. The number of hydrogen-bond donors (Lipinski definition) is 1. The molecule has 0 atom stereocenters. The van der Waals surface area contributed by atoms with Gasteiger partial charge >= 0.3 is 0 Å². The number of nitrogens with two attached hydrogens (primary N) is 1. The van der Waals surface area contributed by atoms with E-state index in [1.807, 2.05) is 0 Å². The molecule has 0 aromatic heterocycles. The van der Waals surface area contributed by atoms with Crippen LogP contribution < -0.4 is 5.73 Å². The van der Waals surface area contributed by atoms with Gasteiger partial charge in [0.2, 0.25) is 0 Å². The van der Waals surface area contributed by atoms with Gasteiger partial charge in [0, 0.05) is 24.7 Å². The molecule has 2 rings (SSSR count). The van der Waals surface area contributed by atoms with Crippen LogP contribution in [0.25, 0.3) is 0 Å². The fraction of sp³-hybridized carbons (Fsp3) is 0.533. The van der Waals surface area contributed by atoms with Crippen LogP contribution in [0.15, 0.2) is 18.2 Å². The van der Waals surface area contributed by atoms with Crippen molar-refractivity contribution >= 4 is 29.9 Å². The third kappa shape index (κ3) is 5.09. The molecule has 124 valence electrons. The maximum atomic E-state index is 13.7. The molecule has 1 amide bonds. The Balaban J connectivity index is 0.00000242. The van der Waals surface area contributed by atoms with Crippen molar-refractivity contribution in [2.45, 2.75) is 25.4 Å². The standard InChI is InChI=1S/C15H20ClFN2O2.ClH/c16-11-2-3-14(17)13(10-11)15(20)19-7-4-12(5-8-19)21-9-1-6-18;/h2-3,10,12H,1,4-9,18H2;1H. The Morgan fingerprint density at radius 1 is 1.41 bits per heavy atom. The van der Waals surface area contributed by atoms with E-state index >= 15 is 0 Å². The molecular weight excluding hydrogens is 330 g/mol. The average Bonchev–Trinajstić information content (AvgIpc) is 2.50. The van der Waals surface area contributed by atoms with E-state index < -0.39 is 5.82 Å². The second kappa shape index (κ2) is 9.30. The van der Waals surface area contributed by atoms with Gasteiger partial charge in [0.05, 0.1) is 11.7 Å². The van der Waals surface area contributed by atoms with E-state index in [4.69, 9.17) is 22.1 Å². The number of carbonyl (C=O) groups excluding carboxylic acids is 1. The Labute approximate surface area is 141 Å². The zero-order chi connectivity index (χ0) is 15.2. The third-order valence-corrected chi connectivity index (χ3v) is 3.83. The number of benzene rings is 1. The fourth-order valence-electron chi connectivity index (χ4n) is 2.39. The molecule has 0 bridgehead atoms. The van der Waals surface area contributed by atoms with Gasteiger partial charge < -0.3 is 15.4 Å². The van der Waals surface area contributed by atoms with Crippen molar-refractivity contribution in [3.05, 3.63) is 34.6 Å². The number of ether oxygens (including phenoxy) is 1. The number of rotatable bonds is 5. The molecule has 1 fully saturated rings. The summed E-state index contributed by atoms with van der Waals surface area (Å²) in [7, 11) is 0. The Bertz CT molecular complexity index is 494. The molecule has 1 aromatic carbocycles. The Kier molecular flexibility index (Phi) is 8.10. The van der Waals surface area contributed by atoms with Gasteiger partial charge in [-0.2, -0.15) is 0 Å². The zero-order valence-corrected chi connectivity index (χ0v) is 13.8. The van der Waals surface area contributed by atoms with E-state index in [2.05, 4.69) is 0 Å². The lowest BCUT2D eigenvalue weighted by atomic mass is 10.1. The largest absolute Gasteiger partial charge is 0.378 e. The molecule has 1 aliphatic heterocycles. The van der Waals surface area contributed by atoms with Gasteiger partial charge in [-0.3, -0.25) is 4.79 Å².